The van der Waals surface area contributed by atoms with Crippen molar-refractivity contribution in [1.29, 1.82) is 0 Å². The molecule has 0 atom stereocenters. The highest BCUT2D eigenvalue weighted by atomic mass is 16.5. The average molecular weight is 437 g/mol. The van der Waals surface area contributed by atoms with Crippen molar-refractivity contribution in [2.24, 2.45) is 7.05 Å². The zero-order chi connectivity index (χ0) is 22.7. The Hall–Kier alpha value is -3.55. The zero-order valence-corrected chi connectivity index (χ0v) is 18.5. The van der Waals surface area contributed by atoms with E-state index in [4.69, 9.17) is 14.2 Å². The van der Waals surface area contributed by atoms with Gasteiger partial charge in [-0.1, -0.05) is 6.07 Å². The standard InChI is InChI=1S/C24H27N3O5/c1-27-14-25-19-13-15(7-12-18(19)24(27)29)23(28)26-16-8-10-17(11-9-16)32-21-6-4-5-20(30-2)22(21)31-3/h4-7,12-14,16-17H,8-11H2,1-3H3,(H,26,28). The summed E-state index contributed by atoms with van der Waals surface area (Å²) >= 11 is 0. The molecular formula is C24H27N3O5. The molecule has 1 aromatic heterocycles. The Morgan fingerprint density at radius 3 is 2.53 bits per heavy atom. The fraction of sp³-hybridized carbons (Fsp3) is 0.375. The van der Waals surface area contributed by atoms with E-state index in [0.29, 0.717) is 33.7 Å². The normalized spacial score (nSPS) is 18.2. The molecule has 1 N–H and O–H groups in total. The molecule has 1 saturated carbocycles. The van der Waals surface area contributed by atoms with Crippen molar-refractivity contribution in [3.05, 3.63) is 58.6 Å². The summed E-state index contributed by atoms with van der Waals surface area (Å²) in [5, 5.41) is 3.60. The number of benzene rings is 2. The minimum Gasteiger partial charge on any atom is -0.493 e. The fourth-order valence-corrected chi connectivity index (χ4v) is 4.08. The number of aromatic nitrogens is 2. The first-order valence-corrected chi connectivity index (χ1v) is 10.6. The van der Waals surface area contributed by atoms with Crippen molar-refractivity contribution in [3.63, 3.8) is 0 Å². The summed E-state index contributed by atoms with van der Waals surface area (Å²) in [7, 11) is 4.85. The smallest absolute Gasteiger partial charge is 0.260 e. The predicted octanol–water partition coefficient (Wildman–Crippen LogP) is 3.07. The van der Waals surface area contributed by atoms with Crippen molar-refractivity contribution in [2.45, 2.75) is 37.8 Å². The van der Waals surface area contributed by atoms with Crippen molar-refractivity contribution >= 4 is 16.8 Å². The number of ether oxygens (including phenoxy) is 3. The van der Waals surface area contributed by atoms with Crippen LogP contribution in [0.4, 0.5) is 0 Å². The highest BCUT2D eigenvalue weighted by Crippen LogP contribution is 2.38. The molecule has 168 valence electrons. The Kier molecular flexibility index (Phi) is 6.30. The minimum atomic E-state index is -0.159. The van der Waals surface area contributed by atoms with Crippen LogP contribution in [-0.4, -0.2) is 41.8 Å². The second-order valence-corrected chi connectivity index (χ2v) is 7.95. The first-order chi connectivity index (χ1) is 15.5. The summed E-state index contributed by atoms with van der Waals surface area (Å²) in [6, 6.07) is 10.6. The van der Waals surface area contributed by atoms with Crippen molar-refractivity contribution in [3.8, 4) is 17.2 Å². The molecule has 2 aromatic carbocycles. The SMILES string of the molecule is COc1cccc(OC2CCC(NC(=O)c3ccc4c(=O)n(C)cnc4c3)CC2)c1OC. The van der Waals surface area contributed by atoms with E-state index in [1.165, 1.54) is 10.9 Å². The second-order valence-electron chi connectivity index (χ2n) is 7.95. The number of para-hydroxylation sites is 1. The van der Waals surface area contributed by atoms with E-state index in [0.717, 1.165) is 25.7 Å². The van der Waals surface area contributed by atoms with Crippen molar-refractivity contribution < 1.29 is 19.0 Å². The maximum absolute atomic E-state index is 12.8. The van der Waals surface area contributed by atoms with E-state index in [9.17, 15) is 9.59 Å². The van der Waals surface area contributed by atoms with Gasteiger partial charge in [-0.3, -0.25) is 9.59 Å². The van der Waals surface area contributed by atoms with Gasteiger partial charge in [0.1, 0.15) is 0 Å². The number of carbonyl (C=O) groups is 1. The molecule has 0 saturated heterocycles. The van der Waals surface area contributed by atoms with Crippen LogP contribution in [0.1, 0.15) is 36.0 Å². The Balaban J connectivity index is 1.36. The molecule has 4 rings (SSSR count). The molecule has 3 aromatic rings. The first kappa shape index (κ1) is 21.7. The van der Waals surface area contributed by atoms with Crippen LogP contribution in [0, 0.1) is 0 Å². The Labute approximate surface area is 186 Å². The minimum absolute atomic E-state index is 0.0465. The molecule has 0 bridgehead atoms. The first-order valence-electron chi connectivity index (χ1n) is 10.6. The van der Waals surface area contributed by atoms with Gasteiger partial charge in [-0.15, -0.1) is 0 Å². The van der Waals surface area contributed by atoms with E-state index in [-0.39, 0.29) is 23.6 Å². The van der Waals surface area contributed by atoms with Crippen LogP contribution >= 0.6 is 0 Å². The van der Waals surface area contributed by atoms with Crippen LogP contribution in [0.25, 0.3) is 10.9 Å². The van der Waals surface area contributed by atoms with Crippen molar-refractivity contribution in [1.82, 2.24) is 14.9 Å². The number of nitrogens with zero attached hydrogens (tertiary/aromatic N) is 2. The van der Waals surface area contributed by atoms with E-state index in [1.807, 2.05) is 18.2 Å². The Morgan fingerprint density at radius 1 is 1.06 bits per heavy atom. The summed E-state index contributed by atoms with van der Waals surface area (Å²) in [6.45, 7) is 0. The summed E-state index contributed by atoms with van der Waals surface area (Å²) in [6.07, 6.45) is 4.78. The number of hydrogen-bond acceptors (Lipinski definition) is 6. The van der Waals surface area contributed by atoms with Gasteiger partial charge < -0.3 is 24.1 Å². The van der Waals surface area contributed by atoms with E-state index < -0.39 is 0 Å². The lowest BCUT2D eigenvalue weighted by Gasteiger charge is -2.30. The van der Waals surface area contributed by atoms with Gasteiger partial charge in [-0.05, 0) is 56.0 Å². The number of aryl methyl sites for hydroxylation is 1. The third kappa shape index (κ3) is 4.39. The summed E-state index contributed by atoms with van der Waals surface area (Å²) < 4.78 is 18.4. The van der Waals surface area contributed by atoms with Crippen molar-refractivity contribution in [2.75, 3.05) is 14.2 Å². The van der Waals surface area contributed by atoms with Crippen LogP contribution in [0.15, 0.2) is 47.5 Å². The van der Waals surface area contributed by atoms with Gasteiger partial charge in [0.05, 0.1) is 37.6 Å². The topological polar surface area (TPSA) is 91.7 Å². The quantitative estimate of drug-likeness (QED) is 0.637. The third-order valence-electron chi connectivity index (χ3n) is 5.85. The van der Waals surface area contributed by atoms with Crippen LogP contribution < -0.4 is 25.1 Å². The lowest BCUT2D eigenvalue weighted by Crippen LogP contribution is -2.39. The molecule has 0 radical (unpaired) electrons. The van der Waals surface area contributed by atoms with Crippen LogP contribution in [0.5, 0.6) is 17.2 Å². The van der Waals surface area contributed by atoms with Gasteiger partial charge in [0, 0.05) is 18.7 Å². The van der Waals surface area contributed by atoms with Crippen LogP contribution in [0.2, 0.25) is 0 Å². The second kappa shape index (κ2) is 9.30. The van der Waals surface area contributed by atoms with E-state index in [1.54, 1.807) is 39.5 Å². The lowest BCUT2D eigenvalue weighted by molar-refractivity contribution is 0.0891. The number of amides is 1. The molecule has 0 aliphatic heterocycles. The molecule has 0 unspecified atom stereocenters. The number of rotatable bonds is 6. The molecule has 1 amide bonds. The maximum Gasteiger partial charge on any atom is 0.260 e. The number of nitrogens with one attached hydrogen (secondary N) is 1. The highest BCUT2D eigenvalue weighted by molar-refractivity contribution is 5.97. The monoisotopic (exact) mass is 437 g/mol. The van der Waals surface area contributed by atoms with Gasteiger partial charge in [0.15, 0.2) is 11.5 Å². The maximum atomic E-state index is 12.8. The predicted molar refractivity (Wildman–Crippen MR) is 121 cm³/mol. The van der Waals surface area contributed by atoms with Crippen LogP contribution in [0.3, 0.4) is 0 Å². The molecular weight excluding hydrogens is 410 g/mol. The largest absolute Gasteiger partial charge is 0.493 e. The molecule has 8 nitrogen and oxygen atoms in total. The molecule has 1 heterocycles. The Bertz CT molecular complexity index is 1180. The number of methoxy groups -OCH3 is 2. The van der Waals surface area contributed by atoms with Gasteiger partial charge >= 0.3 is 0 Å². The molecule has 0 spiro atoms. The van der Waals surface area contributed by atoms with Gasteiger partial charge in [-0.25, -0.2) is 4.98 Å². The average Bonchev–Trinajstić information content (AvgIpc) is 2.82. The molecule has 1 fully saturated rings. The fourth-order valence-electron chi connectivity index (χ4n) is 4.08. The van der Waals surface area contributed by atoms with Gasteiger partial charge in [-0.2, -0.15) is 0 Å². The lowest BCUT2D eigenvalue weighted by atomic mass is 9.92. The number of fused-ring (bicyclic) bond motifs is 1. The molecule has 1 aliphatic rings. The third-order valence-corrected chi connectivity index (χ3v) is 5.85. The molecule has 32 heavy (non-hydrogen) atoms. The number of carbonyl (C=O) groups excluding carboxylic acids is 1. The van der Waals surface area contributed by atoms with Crippen LogP contribution in [-0.2, 0) is 7.05 Å². The van der Waals surface area contributed by atoms with E-state index >= 15 is 0 Å². The molecule has 1 aliphatic carbocycles. The summed E-state index contributed by atoms with van der Waals surface area (Å²) in [4.78, 5) is 29.2. The zero-order valence-electron chi connectivity index (χ0n) is 18.5. The molecule has 8 heteroatoms. The summed E-state index contributed by atoms with van der Waals surface area (Å²) in [5.41, 5.74) is 0.885. The summed E-state index contributed by atoms with van der Waals surface area (Å²) in [5.74, 6) is 1.72. The van der Waals surface area contributed by atoms with Gasteiger partial charge in [0.25, 0.3) is 11.5 Å². The number of hydrogen-bond donors (Lipinski definition) is 1. The Morgan fingerprint density at radius 2 is 1.81 bits per heavy atom. The van der Waals surface area contributed by atoms with Gasteiger partial charge in [0.2, 0.25) is 5.75 Å². The van der Waals surface area contributed by atoms with E-state index in [2.05, 4.69) is 10.3 Å². The highest BCUT2D eigenvalue weighted by Gasteiger charge is 2.25.